The van der Waals surface area contributed by atoms with E-state index in [2.05, 4.69) is 55.3 Å². The van der Waals surface area contributed by atoms with Crippen molar-refractivity contribution in [3.05, 3.63) is 40.9 Å². The van der Waals surface area contributed by atoms with Crippen molar-refractivity contribution in [1.29, 1.82) is 0 Å². The van der Waals surface area contributed by atoms with E-state index in [1.165, 1.54) is 10.4 Å². The normalized spacial score (nSPS) is 11.8. The van der Waals surface area contributed by atoms with Gasteiger partial charge in [0.05, 0.1) is 5.69 Å². The lowest BCUT2D eigenvalue weighted by Gasteiger charge is -2.22. The van der Waals surface area contributed by atoms with E-state index >= 15 is 0 Å². The van der Waals surface area contributed by atoms with Crippen LogP contribution in [-0.4, -0.2) is 12.0 Å². The van der Waals surface area contributed by atoms with Gasteiger partial charge in [0.1, 0.15) is 5.01 Å². The number of nitrogens with one attached hydrogen (secondary N) is 1. The number of aromatic nitrogens is 1. The fourth-order valence-corrected chi connectivity index (χ4v) is 2.97. The SMILES string of the molecule is CNC(C)(C)c1sc(-c2ccccc2)nc1C. The molecule has 2 rings (SSSR count). The van der Waals surface area contributed by atoms with Gasteiger partial charge >= 0.3 is 0 Å². The Morgan fingerprint density at radius 2 is 1.82 bits per heavy atom. The number of aryl methyl sites for hydroxylation is 1. The third-order valence-corrected chi connectivity index (χ3v) is 4.54. The van der Waals surface area contributed by atoms with Crippen molar-refractivity contribution in [2.75, 3.05) is 7.05 Å². The molecule has 0 fully saturated rings. The highest BCUT2D eigenvalue weighted by Crippen LogP contribution is 2.34. The summed E-state index contributed by atoms with van der Waals surface area (Å²) < 4.78 is 0. The molecule has 0 amide bonds. The Balaban J connectivity index is 2.45. The maximum atomic E-state index is 4.67. The van der Waals surface area contributed by atoms with E-state index in [-0.39, 0.29) is 5.54 Å². The first-order chi connectivity index (χ1) is 8.04. The minimum Gasteiger partial charge on any atom is -0.310 e. The van der Waals surface area contributed by atoms with Crippen LogP contribution in [0.4, 0.5) is 0 Å². The zero-order chi connectivity index (χ0) is 12.5. The zero-order valence-corrected chi connectivity index (χ0v) is 11.6. The molecule has 90 valence electrons. The topological polar surface area (TPSA) is 24.9 Å². The average Bonchev–Trinajstić information content (AvgIpc) is 2.73. The predicted molar refractivity (Wildman–Crippen MR) is 74.4 cm³/mol. The first-order valence-electron chi connectivity index (χ1n) is 5.77. The quantitative estimate of drug-likeness (QED) is 0.895. The Labute approximate surface area is 107 Å². The highest BCUT2D eigenvalue weighted by Gasteiger charge is 2.24. The standard InChI is InChI=1S/C14H18N2S/c1-10-12(14(2,3)15-4)17-13(16-10)11-8-6-5-7-9-11/h5-9,15H,1-4H3. The summed E-state index contributed by atoms with van der Waals surface area (Å²) in [4.78, 5) is 5.98. The van der Waals surface area contributed by atoms with Crippen molar-refractivity contribution in [3.63, 3.8) is 0 Å². The van der Waals surface area contributed by atoms with Gasteiger partial charge in [-0.2, -0.15) is 0 Å². The predicted octanol–water partition coefficient (Wildman–Crippen LogP) is 3.57. The molecule has 1 heterocycles. The highest BCUT2D eigenvalue weighted by atomic mass is 32.1. The highest BCUT2D eigenvalue weighted by molar-refractivity contribution is 7.15. The first kappa shape index (κ1) is 12.3. The lowest BCUT2D eigenvalue weighted by atomic mass is 10.0. The van der Waals surface area contributed by atoms with E-state index in [0.29, 0.717) is 0 Å². The molecule has 0 saturated heterocycles. The molecular formula is C14H18N2S. The fourth-order valence-electron chi connectivity index (χ4n) is 1.79. The van der Waals surface area contributed by atoms with Crippen molar-refractivity contribution >= 4 is 11.3 Å². The van der Waals surface area contributed by atoms with Gasteiger partial charge in [-0.3, -0.25) is 0 Å². The third kappa shape index (κ3) is 2.40. The van der Waals surface area contributed by atoms with E-state index in [1.807, 2.05) is 13.1 Å². The molecule has 0 aliphatic rings. The second kappa shape index (κ2) is 4.59. The van der Waals surface area contributed by atoms with Gasteiger partial charge in [-0.1, -0.05) is 30.3 Å². The van der Waals surface area contributed by atoms with Gasteiger partial charge in [0, 0.05) is 16.0 Å². The van der Waals surface area contributed by atoms with Crippen LogP contribution in [-0.2, 0) is 5.54 Å². The Bertz CT molecular complexity index is 500. The molecule has 1 aromatic heterocycles. The number of benzene rings is 1. The molecule has 0 spiro atoms. The molecule has 2 nitrogen and oxygen atoms in total. The smallest absolute Gasteiger partial charge is 0.123 e. The summed E-state index contributed by atoms with van der Waals surface area (Å²) in [5.74, 6) is 0. The van der Waals surface area contributed by atoms with Crippen LogP contribution in [0.15, 0.2) is 30.3 Å². The summed E-state index contributed by atoms with van der Waals surface area (Å²) in [6.07, 6.45) is 0. The number of rotatable bonds is 3. The minimum atomic E-state index is -0.0191. The maximum absolute atomic E-state index is 4.67. The molecular weight excluding hydrogens is 228 g/mol. The second-order valence-corrected chi connectivity index (χ2v) is 5.67. The fraction of sp³-hybridized carbons (Fsp3) is 0.357. The summed E-state index contributed by atoms with van der Waals surface area (Å²) in [7, 11) is 1.99. The van der Waals surface area contributed by atoms with E-state index < -0.39 is 0 Å². The van der Waals surface area contributed by atoms with Crippen LogP contribution in [0, 0.1) is 6.92 Å². The number of hydrogen-bond donors (Lipinski definition) is 1. The van der Waals surface area contributed by atoms with E-state index in [1.54, 1.807) is 11.3 Å². The van der Waals surface area contributed by atoms with Crippen LogP contribution in [0.5, 0.6) is 0 Å². The third-order valence-electron chi connectivity index (χ3n) is 3.01. The van der Waals surface area contributed by atoms with Crippen LogP contribution < -0.4 is 5.32 Å². The summed E-state index contributed by atoms with van der Waals surface area (Å²) in [6, 6.07) is 10.3. The minimum absolute atomic E-state index is 0.0191. The summed E-state index contributed by atoms with van der Waals surface area (Å²) in [5.41, 5.74) is 2.29. The van der Waals surface area contributed by atoms with Crippen molar-refractivity contribution in [1.82, 2.24) is 10.3 Å². The van der Waals surface area contributed by atoms with Crippen LogP contribution >= 0.6 is 11.3 Å². The van der Waals surface area contributed by atoms with Crippen LogP contribution in [0.25, 0.3) is 10.6 Å². The first-order valence-corrected chi connectivity index (χ1v) is 6.58. The molecule has 1 aromatic carbocycles. The summed E-state index contributed by atoms with van der Waals surface area (Å²) in [6.45, 7) is 6.45. The Hall–Kier alpha value is -1.19. The number of thiazole rings is 1. The van der Waals surface area contributed by atoms with Gasteiger partial charge in [-0.25, -0.2) is 4.98 Å². The second-order valence-electron chi connectivity index (χ2n) is 4.67. The number of nitrogens with zero attached hydrogens (tertiary/aromatic N) is 1. The summed E-state index contributed by atoms with van der Waals surface area (Å²) in [5, 5.41) is 4.43. The van der Waals surface area contributed by atoms with Crippen LogP contribution in [0.3, 0.4) is 0 Å². The van der Waals surface area contributed by atoms with Gasteiger partial charge < -0.3 is 5.32 Å². The van der Waals surface area contributed by atoms with Crippen molar-refractivity contribution in [2.24, 2.45) is 0 Å². The molecule has 2 aromatic rings. The Morgan fingerprint density at radius 1 is 1.18 bits per heavy atom. The monoisotopic (exact) mass is 246 g/mol. The molecule has 0 radical (unpaired) electrons. The molecule has 0 aliphatic carbocycles. The molecule has 1 N–H and O–H groups in total. The van der Waals surface area contributed by atoms with Crippen molar-refractivity contribution in [3.8, 4) is 10.6 Å². The van der Waals surface area contributed by atoms with Crippen molar-refractivity contribution in [2.45, 2.75) is 26.3 Å². The van der Waals surface area contributed by atoms with E-state index in [0.717, 1.165) is 10.7 Å². The van der Waals surface area contributed by atoms with Gasteiger partial charge in [0.15, 0.2) is 0 Å². The number of hydrogen-bond acceptors (Lipinski definition) is 3. The van der Waals surface area contributed by atoms with Gasteiger partial charge in [0.2, 0.25) is 0 Å². The van der Waals surface area contributed by atoms with Crippen LogP contribution in [0.2, 0.25) is 0 Å². The Morgan fingerprint density at radius 3 is 2.41 bits per heavy atom. The average molecular weight is 246 g/mol. The maximum Gasteiger partial charge on any atom is 0.123 e. The molecule has 0 saturated carbocycles. The molecule has 0 atom stereocenters. The Kier molecular flexibility index (Phi) is 3.31. The lowest BCUT2D eigenvalue weighted by molar-refractivity contribution is 0.450. The zero-order valence-electron chi connectivity index (χ0n) is 10.7. The lowest BCUT2D eigenvalue weighted by Crippen LogP contribution is -2.32. The van der Waals surface area contributed by atoms with Gasteiger partial charge in [0.25, 0.3) is 0 Å². The molecule has 3 heteroatoms. The van der Waals surface area contributed by atoms with E-state index in [4.69, 9.17) is 0 Å². The van der Waals surface area contributed by atoms with Gasteiger partial charge in [-0.15, -0.1) is 11.3 Å². The summed E-state index contributed by atoms with van der Waals surface area (Å²) >= 11 is 1.77. The molecule has 17 heavy (non-hydrogen) atoms. The van der Waals surface area contributed by atoms with E-state index in [9.17, 15) is 0 Å². The molecule has 0 unspecified atom stereocenters. The molecule has 0 bridgehead atoms. The van der Waals surface area contributed by atoms with Crippen LogP contribution in [0.1, 0.15) is 24.4 Å². The van der Waals surface area contributed by atoms with Crippen molar-refractivity contribution < 1.29 is 0 Å². The molecule has 0 aliphatic heterocycles. The van der Waals surface area contributed by atoms with Gasteiger partial charge in [-0.05, 0) is 27.8 Å². The largest absolute Gasteiger partial charge is 0.310 e.